The summed E-state index contributed by atoms with van der Waals surface area (Å²) in [6.07, 6.45) is 1.40. The number of benzene rings is 3. The third-order valence-corrected chi connectivity index (χ3v) is 5.57. The lowest BCUT2D eigenvalue weighted by molar-refractivity contribution is -0.112. The van der Waals surface area contributed by atoms with Crippen LogP contribution in [-0.4, -0.2) is 27.8 Å². The second kappa shape index (κ2) is 10.6. The number of ketones is 1. The van der Waals surface area contributed by atoms with Gasteiger partial charge in [-0.15, -0.1) is 0 Å². The third-order valence-electron chi connectivity index (χ3n) is 4.80. The van der Waals surface area contributed by atoms with Crippen LogP contribution in [0.15, 0.2) is 73.4 Å². The Kier molecular flexibility index (Phi) is 7.79. The number of carbonyl (C=O) groups is 3. The van der Waals surface area contributed by atoms with Crippen LogP contribution < -0.4 is 5.73 Å². The summed E-state index contributed by atoms with van der Waals surface area (Å²) in [5.74, 6) is -1.78. The van der Waals surface area contributed by atoms with Gasteiger partial charge in [0, 0.05) is 43.8 Å². The molecule has 0 saturated carbocycles. The van der Waals surface area contributed by atoms with E-state index >= 15 is 0 Å². The number of fused-ring (bicyclic) bond motifs is 1. The van der Waals surface area contributed by atoms with Crippen molar-refractivity contribution in [2.45, 2.75) is 0 Å². The molecule has 0 spiro atoms. The highest BCUT2D eigenvalue weighted by Gasteiger charge is 2.14. The molecule has 0 bridgehead atoms. The van der Waals surface area contributed by atoms with Gasteiger partial charge in [-0.1, -0.05) is 59.6 Å². The van der Waals surface area contributed by atoms with Crippen molar-refractivity contribution in [1.82, 2.24) is 4.98 Å². The number of rotatable bonds is 5. The second-order valence-corrected chi connectivity index (χ2v) is 8.36. The lowest BCUT2D eigenvalue weighted by Gasteiger charge is -2.05. The van der Waals surface area contributed by atoms with Crippen LogP contribution >= 0.6 is 34.8 Å². The Morgan fingerprint density at radius 3 is 2.12 bits per heavy atom. The van der Waals surface area contributed by atoms with Gasteiger partial charge in [0.2, 0.25) is 5.91 Å². The van der Waals surface area contributed by atoms with E-state index in [-0.39, 0.29) is 16.9 Å². The molecule has 6 nitrogen and oxygen atoms in total. The minimum absolute atomic E-state index is 0.152. The van der Waals surface area contributed by atoms with Crippen LogP contribution in [0.1, 0.15) is 31.8 Å². The molecule has 4 N–H and O–H groups in total. The quantitative estimate of drug-likeness (QED) is 0.215. The van der Waals surface area contributed by atoms with Crippen LogP contribution in [0, 0.1) is 0 Å². The number of carboxylic acid groups (broad SMARTS) is 1. The van der Waals surface area contributed by atoms with E-state index in [4.69, 9.17) is 45.6 Å². The van der Waals surface area contributed by atoms with Crippen molar-refractivity contribution in [2.75, 3.05) is 0 Å². The van der Waals surface area contributed by atoms with Gasteiger partial charge in [-0.25, -0.2) is 4.79 Å². The molecule has 34 heavy (non-hydrogen) atoms. The molecule has 1 aromatic heterocycles. The molecule has 3 aromatic carbocycles. The molecule has 0 fully saturated rings. The number of nitrogens with one attached hydrogen (secondary N) is 1. The molecular formula is C25H17Cl3N2O4. The zero-order valence-electron chi connectivity index (χ0n) is 17.4. The molecule has 0 aliphatic rings. The summed E-state index contributed by atoms with van der Waals surface area (Å²) < 4.78 is 0. The second-order valence-electron chi connectivity index (χ2n) is 7.08. The third kappa shape index (κ3) is 5.66. The lowest BCUT2D eigenvalue weighted by Crippen LogP contribution is -2.12. The standard InChI is InChI=1S/C16H12ClNO2.C9H5Cl2NO2/c1-10(16(18)20)12-3-2-4-13(9-12)15(19)11-5-7-14(17)8-6-11;10-4-1-6(11)8-5(9(13)14)3-12-7(8)2-4/h2-9H,1H2,(H2,18,20);1-3,12H,(H,13,14). The van der Waals surface area contributed by atoms with Crippen molar-refractivity contribution in [2.24, 2.45) is 5.73 Å². The summed E-state index contributed by atoms with van der Waals surface area (Å²) in [6.45, 7) is 3.61. The van der Waals surface area contributed by atoms with Gasteiger partial charge in [-0.2, -0.15) is 0 Å². The zero-order chi connectivity index (χ0) is 25.0. The first-order valence-electron chi connectivity index (χ1n) is 9.67. The monoisotopic (exact) mass is 514 g/mol. The van der Waals surface area contributed by atoms with Gasteiger partial charge in [0.15, 0.2) is 5.78 Å². The molecule has 0 radical (unpaired) electrons. The Hall–Kier alpha value is -3.58. The number of aromatic amines is 1. The number of halogens is 3. The predicted molar refractivity (Wildman–Crippen MR) is 135 cm³/mol. The van der Waals surface area contributed by atoms with E-state index in [0.29, 0.717) is 42.7 Å². The minimum atomic E-state index is -1.01. The van der Waals surface area contributed by atoms with Gasteiger partial charge >= 0.3 is 5.97 Å². The number of aromatic nitrogens is 1. The van der Waals surface area contributed by atoms with E-state index in [1.807, 2.05) is 0 Å². The summed E-state index contributed by atoms with van der Waals surface area (Å²) in [7, 11) is 0. The van der Waals surface area contributed by atoms with Crippen molar-refractivity contribution >= 4 is 68.9 Å². The summed E-state index contributed by atoms with van der Waals surface area (Å²) in [6, 6.07) is 16.4. The van der Waals surface area contributed by atoms with Gasteiger partial charge in [0.1, 0.15) is 0 Å². The number of aromatic carboxylic acids is 1. The number of carbonyl (C=O) groups excluding carboxylic acids is 2. The molecule has 0 saturated heterocycles. The van der Waals surface area contributed by atoms with E-state index in [9.17, 15) is 14.4 Å². The number of hydrogen-bond acceptors (Lipinski definition) is 3. The Morgan fingerprint density at radius 1 is 0.853 bits per heavy atom. The average Bonchev–Trinajstić information content (AvgIpc) is 3.23. The summed E-state index contributed by atoms with van der Waals surface area (Å²) in [5.41, 5.74) is 7.67. The smallest absolute Gasteiger partial charge is 0.337 e. The first-order chi connectivity index (χ1) is 16.1. The molecular weight excluding hydrogens is 499 g/mol. The lowest BCUT2D eigenvalue weighted by atomic mass is 9.98. The van der Waals surface area contributed by atoms with Crippen molar-refractivity contribution in [3.8, 4) is 0 Å². The fourth-order valence-electron chi connectivity index (χ4n) is 3.11. The van der Waals surface area contributed by atoms with E-state index in [1.54, 1.807) is 54.6 Å². The first-order valence-corrected chi connectivity index (χ1v) is 10.8. The van der Waals surface area contributed by atoms with E-state index in [1.165, 1.54) is 12.3 Å². The molecule has 4 rings (SSSR count). The van der Waals surface area contributed by atoms with E-state index in [0.717, 1.165) is 0 Å². The van der Waals surface area contributed by atoms with Gasteiger partial charge in [0.25, 0.3) is 0 Å². The Labute approximate surface area is 209 Å². The largest absolute Gasteiger partial charge is 0.478 e. The summed E-state index contributed by atoms with van der Waals surface area (Å²) >= 11 is 17.4. The van der Waals surface area contributed by atoms with Crippen LogP contribution in [0.3, 0.4) is 0 Å². The fraction of sp³-hybridized carbons (Fsp3) is 0. The van der Waals surface area contributed by atoms with Crippen LogP contribution in [0.4, 0.5) is 0 Å². The minimum Gasteiger partial charge on any atom is -0.478 e. The molecule has 9 heteroatoms. The van der Waals surface area contributed by atoms with Crippen LogP contribution in [-0.2, 0) is 4.79 Å². The topological polar surface area (TPSA) is 113 Å². The zero-order valence-corrected chi connectivity index (χ0v) is 19.7. The Balaban J connectivity index is 0.000000202. The number of hydrogen-bond donors (Lipinski definition) is 3. The molecule has 0 aliphatic carbocycles. The van der Waals surface area contributed by atoms with Gasteiger partial charge in [-0.05, 0) is 48.0 Å². The van der Waals surface area contributed by atoms with Gasteiger partial charge in [0.05, 0.1) is 10.6 Å². The van der Waals surface area contributed by atoms with Crippen molar-refractivity contribution < 1.29 is 19.5 Å². The molecule has 172 valence electrons. The maximum atomic E-state index is 12.3. The SMILES string of the molecule is C=C(C(N)=O)c1cccc(C(=O)c2ccc(Cl)cc2)c1.O=C(O)c1c[nH]c2cc(Cl)cc(Cl)c12. The molecule has 4 aromatic rings. The Bertz CT molecular complexity index is 1430. The van der Waals surface area contributed by atoms with Crippen molar-refractivity contribution in [3.63, 3.8) is 0 Å². The molecule has 0 aliphatic heterocycles. The van der Waals surface area contributed by atoms with Crippen molar-refractivity contribution in [1.29, 1.82) is 0 Å². The number of nitrogens with two attached hydrogens (primary N) is 1. The Morgan fingerprint density at radius 2 is 1.50 bits per heavy atom. The molecule has 1 heterocycles. The highest BCUT2D eigenvalue weighted by atomic mass is 35.5. The predicted octanol–water partition coefficient (Wildman–Crippen LogP) is 6.24. The number of primary amides is 1. The molecule has 0 unspecified atom stereocenters. The van der Waals surface area contributed by atoms with Crippen LogP contribution in [0.2, 0.25) is 15.1 Å². The normalized spacial score (nSPS) is 10.3. The fourth-order valence-corrected chi connectivity index (χ4v) is 3.83. The number of amides is 1. The molecule has 1 amide bonds. The van der Waals surface area contributed by atoms with E-state index < -0.39 is 11.9 Å². The highest BCUT2D eigenvalue weighted by molar-refractivity contribution is 6.39. The highest BCUT2D eigenvalue weighted by Crippen LogP contribution is 2.30. The van der Waals surface area contributed by atoms with E-state index in [2.05, 4.69) is 11.6 Å². The maximum Gasteiger partial charge on any atom is 0.337 e. The summed E-state index contributed by atoms with van der Waals surface area (Å²) in [4.78, 5) is 37.0. The first kappa shape index (κ1) is 25.1. The van der Waals surface area contributed by atoms with Crippen molar-refractivity contribution in [3.05, 3.63) is 111 Å². The number of carboxylic acids is 1. The average molecular weight is 516 g/mol. The maximum absolute atomic E-state index is 12.3. The van der Waals surface area contributed by atoms with Crippen LogP contribution in [0.25, 0.3) is 16.5 Å². The van der Waals surface area contributed by atoms with Gasteiger partial charge in [-0.3, -0.25) is 9.59 Å². The summed E-state index contributed by atoms with van der Waals surface area (Å²) in [5, 5.41) is 10.7. The van der Waals surface area contributed by atoms with Gasteiger partial charge < -0.3 is 15.8 Å². The number of H-pyrrole nitrogens is 1. The van der Waals surface area contributed by atoms with Crippen LogP contribution in [0.5, 0.6) is 0 Å². The molecule has 0 atom stereocenters.